The number of amides is 1. The first kappa shape index (κ1) is 12.7. The molecule has 0 bridgehead atoms. The number of alkyl halides is 2. The summed E-state index contributed by atoms with van der Waals surface area (Å²) in [5, 5.41) is 3.80. The van der Waals surface area contributed by atoms with Crippen molar-refractivity contribution < 1.29 is 4.79 Å². The van der Waals surface area contributed by atoms with Gasteiger partial charge in [0.05, 0.1) is 5.69 Å². The number of aryl methyl sites for hydroxylation is 1. The van der Waals surface area contributed by atoms with Crippen molar-refractivity contribution in [2.24, 2.45) is 0 Å². The fraction of sp³-hybridized carbons (Fsp3) is 0.625. The largest absolute Gasteiger partial charge is 0.335 e. The summed E-state index contributed by atoms with van der Waals surface area (Å²) in [6.45, 7) is 2.74. The Morgan fingerprint density at radius 2 is 2.00 bits per heavy atom. The zero-order chi connectivity index (χ0) is 11.3. The van der Waals surface area contributed by atoms with E-state index >= 15 is 0 Å². The van der Waals surface area contributed by atoms with Gasteiger partial charge in [-0.1, -0.05) is 4.49 Å². The highest BCUT2D eigenvalue weighted by atomic mass is 35.5. The quantitative estimate of drug-likeness (QED) is 0.764. The lowest BCUT2D eigenvalue weighted by Gasteiger charge is -2.19. The molecule has 0 radical (unpaired) electrons. The molecule has 0 N–H and O–H groups in total. The van der Waals surface area contributed by atoms with Crippen LogP contribution in [0.3, 0.4) is 0 Å². The van der Waals surface area contributed by atoms with Gasteiger partial charge in [0.1, 0.15) is 4.88 Å². The molecule has 1 aromatic rings. The van der Waals surface area contributed by atoms with Crippen LogP contribution in [-0.4, -0.2) is 45.2 Å². The van der Waals surface area contributed by atoms with E-state index in [0.29, 0.717) is 35.4 Å². The van der Waals surface area contributed by atoms with E-state index in [2.05, 4.69) is 9.59 Å². The summed E-state index contributed by atoms with van der Waals surface area (Å²) in [7, 11) is 0. The molecule has 0 saturated heterocycles. The lowest BCUT2D eigenvalue weighted by Crippen LogP contribution is -2.34. The summed E-state index contributed by atoms with van der Waals surface area (Å²) >= 11 is 12.3. The molecule has 1 amide bonds. The molecular weight excluding hydrogens is 257 g/mol. The second kappa shape index (κ2) is 6.25. The molecule has 1 heterocycles. The highest BCUT2D eigenvalue weighted by Gasteiger charge is 2.19. The SMILES string of the molecule is Cc1nnsc1C(=O)N(CCCl)CCCl. The van der Waals surface area contributed by atoms with E-state index in [1.807, 2.05) is 0 Å². The van der Waals surface area contributed by atoms with Gasteiger partial charge in [-0.05, 0) is 18.5 Å². The Labute approximate surface area is 102 Å². The summed E-state index contributed by atoms with van der Waals surface area (Å²) in [6, 6.07) is 0. The highest BCUT2D eigenvalue weighted by Crippen LogP contribution is 2.12. The van der Waals surface area contributed by atoms with Crippen molar-refractivity contribution in [2.75, 3.05) is 24.8 Å². The molecule has 0 spiro atoms. The maximum Gasteiger partial charge on any atom is 0.267 e. The predicted octanol–water partition coefficient (Wildman–Crippen LogP) is 1.77. The van der Waals surface area contributed by atoms with Crippen molar-refractivity contribution in [2.45, 2.75) is 6.92 Å². The van der Waals surface area contributed by atoms with Crippen molar-refractivity contribution in [1.82, 2.24) is 14.5 Å². The maximum absolute atomic E-state index is 11.9. The predicted molar refractivity (Wildman–Crippen MR) is 62.0 cm³/mol. The van der Waals surface area contributed by atoms with Crippen LogP contribution in [0.1, 0.15) is 15.4 Å². The van der Waals surface area contributed by atoms with Gasteiger partial charge in [-0.15, -0.1) is 28.3 Å². The van der Waals surface area contributed by atoms with Gasteiger partial charge in [0.2, 0.25) is 0 Å². The third-order valence-electron chi connectivity index (χ3n) is 1.84. The lowest BCUT2D eigenvalue weighted by molar-refractivity contribution is 0.0779. The molecule has 1 aromatic heterocycles. The van der Waals surface area contributed by atoms with E-state index in [9.17, 15) is 4.79 Å². The molecule has 1 rings (SSSR count). The summed E-state index contributed by atoms with van der Waals surface area (Å²) in [6.07, 6.45) is 0. The number of aromatic nitrogens is 2. The smallest absolute Gasteiger partial charge is 0.267 e. The lowest BCUT2D eigenvalue weighted by atomic mass is 10.3. The van der Waals surface area contributed by atoms with E-state index < -0.39 is 0 Å². The maximum atomic E-state index is 11.9. The van der Waals surface area contributed by atoms with Crippen molar-refractivity contribution >= 4 is 40.6 Å². The van der Waals surface area contributed by atoms with Gasteiger partial charge in [0.15, 0.2) is 0 Å². The molecule has 7 heteroatoms. The van der Waals surface area contributed by atoms with E-state index in [1.165, 1.54) is 0 Å². The van der Waals surface area contributed by atoms with E-state index in [0.717, 1.165) is 11.5 Å². The Bertz CT molecular complexity index is 325. The third kappa shape index (κ3) is 3.29. The van der Waals surface area contributed by atoms with Crippen LogP contribution in [0.2, 0.25) is 0 Å². The van der Waals surface area contributed by atoms with E-state index in [-0.39, 0.29) is 5.91 Å². The number of hydrogen-bond acceptors (Lipinski definition) is 4. The second-order valence-electron chi connectivity index (χ2n) is 2.86. The molecule has 0 saturated carbocycles. The average Bonchev–Trinajstić information content (AvgIpc) is 2.63. The third-order valence-corrected chi connectivity index (χ3v) is 3.00. The average molecular weight is 268 g/mol. The molecule has 0 aliphatic carbocycles. The molecule has 4 nitrogen and oxygen atoms in total. The molecule has 0 aromatic carbocycles. The Hall–Kier alpha value is -0.390. The Morgan fingerprint density at radius 1 is 1.40 bits per heavy atom. The molecule has 0 aliphatic heterocycles. The van der Waals surface area contributed by atoms with Gasteiger partial charge in [-0.2, -0.15) is 0 Å². The first-order chi connectivity index (χ1) is 7.20. The number of carbonyl (C=O) groups excluding carboxylic acids is 1. The van der Waals surface area contributed by atoms with Crippen molar-refractivity contribution in [3.05, 3.63) is 10.6 Å². The molecule has 0 atom stereocenters. The zero-order valence-electron chi connectivity index (χ0n) is 8.24. The summed E-state index contributed by atoms with van der Waals surface area (Å²) in [5.41, 5.74) is 0.652. The molecular formula is C8H11Cl2N3OS. The molecule has 0 unspecified atom stereocenters. The number of nitrogens with zero attached hydrogens (tertiary/aromatic N) is 3. The highest BCUT2D eigenvalue weighted by molar-refractivity contribution is 7.07. The number of halogens is 2. The Kier molecular flexibility index (Phi) is 5.28. The number of carbonyl (C=O) groups is 1. The minimum absolute atomic E-state index is 0.0937. The minimum Gasteiger partial charge on any atom is -0.335 e. The van der Waals surface area contributed by atoms with Gasteiger partial charge < -0.3 is 4.90 Å². The summed E-state index contributed by atoms with van der Waals surface area (Å²) in [5.74, 6) is 0.700. The standard InChI is InChI=1S/C8H11Cl2N3OS/c1-6-7(15-12-11-6)8(14)13(4-2-9)5-3-10/h2-5H2,1H3. The van der Waals surface area contributed by atoms with Crippen LogP contribution in [0.5, 0.6) is 0 Å². The van der Waals surface area contributed by atoms with Crippen LogP contribution >= 0.6 is 34.7 Å². The normalized spacial score (nSPS) is 10.3. The molecule has 0 aliphatic rings. The monoisotopic (exact) mass is 267 g/mol. The van der Waals surface area contributed by atoms with Crippen molar-refractivity contribution in [1.29, 1.82) is 0 Å². The first-order valence-corrected chi connectivity index (χ1v) is 6.25. The first-order valence-electron chi connectivity index (χ1n) is 4.41. The van der Waals surface area contributed by atoms with Crippen LogP contribution in [0.4, 0.5) is 0 Å². The van der Waals surface area contributed by atoms with Crippen LogP contribution in [-0.2, 0) is 0 Å². The van der Waals surface area contributed by atoms with Gasteiger partial charge in [-0.3, -0.25) is 4.79 Å². The van der Waals surface area contributed by atoms with Gasteiger partial charge in [0.25, 0.3) is 5.91 Å². The second-order valence-corrected chi connectivity index (χ2v) is 4.37. The Morgan fingerprint density at radius 3 is 2.40 bits per heavy atom. The van der Waals surface area contributed by atoms with Gasteiger partial charge >= 0.3 is 0 Å². The van der Waals surface area contributed by atoms with Crippen LogP contribution in [0, 0.1) is 6.92 Å². The van der Waals surface area contributed by atoms with E-state index in [1.54, 1.807) is 11.8 Å². The van der Waals surface area contributed by atoms with Crippen LogP contribution in [0.25, 0.3) is 0 Å². The molecule has 15 heavy (non-hydrogen) atoms. The van der Waals surface area contributed by atoms with Gasteiger partial charge in [0, 0.05) is 24.8 Å². The van der Waals surface area contributed by atoms with Crippen molar-refractivity contribution in [3.63, 3.8) is 0 Å². The molecule has 84 valence electrons. The molecule has 0 fully saturated rings. The topological polar surface area (TPSA) is 46.1 Å². The number of rotatable bonds is 5. The summed E-state index contributed by atoms with van der Waals surface area (Å²) in [4.78, 5) is 14.1. The minimum atomic E-state index is -0.0937. The van der Waals surface area contributed by atoms with Crippen molar-refractivity contribution in [3.8, 4) is 0 Å². The summed E-state index contributed by atoms with van der Waals surface area (Å²) < 4.78 is 3.72. The Balaban J connectivity index is 2.76. The van der Waals surface area contributed by atoms with Crippen LogP contribution < -0.4 is 0 Å². The fourth-order valence-corrected chi connectivity index (χ4v) is 2.12. The zero-order valence-corrected chi connectivity index (χ0v) is 10.6. The van der Waals surface area contributed by atoms with Crippen LogP contribution in [0.15, 0.2) is 0 Å². The fourth-order valence-electron chi connectivity index (χ4n) is 1.09. The number of hydrogen-bond donors (Lipinski definition) is 0. The van der Waals surface area contributed by atoms with E-state index in [4.69, 9.17) is 23.2 Å². The van der Waals surface area contributed by atoms with Gasteiger partial charge in [-0.25, -0.2) is 0 Å².